The molecular formula is C13H16FN3O. The van der Waals surface area contributed by atoms with Gasteiger partial charge in [-0.1, -0.05) is 0 Å². The number of halogens is 1. The summed E-state index contributed by atoms with van der Waals surface area (Å²) in [6, 6.07) is 4.45. The number of aromatic nitrogens is 2. The first-order chi connectivity index (χ1) is 8.70. The number of benzene rings is 1. The predicted octanol–water partition coefficient (Wildman–Crippen LogP) is 2.22. The van der Waals surface area contributed by atoms with Gasteiger partial charge in [-0.05, 0) is 12.1 Å². The van der Waals surface area contributed by atoms with Crippen molar-refractivity contribution in [2.45, 2.75) is 6.42 Å². The maximum atomic E-state index is 13.0. The summed E-state index contributed by atoms with van der Waals surface area (Å²) < 4.78 is 20.1. The van der Waals surface area contributed by atoms with Crippen LogP contribution in [0.3, 0.4) is 0 Å². The molecule has 0 fully saturated rings. The van der Waals surface area contributed by atoms with Crippen molar-refractivity contribution >= 4 is 5.69 Å². The van der Waals surface area contributed by atoms with Gasteiger partial charge < -0.3 is 14.6 Å². The Kier molecular flexibility index (Phi) is 3.82. The minimum absolute atomic E-state index is 0.304. The van der Waals surface area contributed by atoms with E-state index in [-0.39, 0.29) is 5.82 Å². The normalized spacial score (nSPS) is 10.4. The number of nitrogens with one attached hydrogen (secondary N) is 1. The summed E-state index contributed by atoms with van der Waals surface area (Å²) in [4.78, 5) is 4.24. The van der Waals surface area contributed by atoms with Crippen LogP contribution in [0.1, 0.15) is 5.82 Å². The van der Waals surface area contributed by atoms with E-state index in [4.69, 9.17) is 4.74 Å². The van der Waals surface area contributed by atoms with Crippen molar-refractivity contribution in [3.05, 3.63) is 42.2 Å². The van der Waals surface area contributed by atoms with Gasteiger partial charge in [-0.3, -0.25) is 0 Å². The SMILES string of the molecule is COc1cc(F)ccc1NCCc1nccn1C. The van der Waals surface area contributed by atoms with Crippen molar-refractivity contribution in [1.29, 1.82) is 0 Å². The molecule has 5 heteroatoms. The van der Waals surface area contributed by atoms with Crippen LogP contribution >= 0.6 is 0 Å². The van der Waals surface area contributed by atoms with E-state index < -0.39 is 0 Å². The van der Waals surface area contributed by atoms with E-state index in [0.717, 1.165) is 17.9 Å². The number of imidazole rings is 1. The topological polar surface area (TPSA) is 39.1 Å². The largest absolute Gasteiger partial charge is 0.494 e. The highest BCUT2D eigenvalue weighted by Gasteiger charge is 2.04. The van der Waals surface area contributed by atoms with Gasteiger partial charge in [0.25, 0.3) is 0 Å². The molecule has 1 heterocycles. The maximum Gasteiger partial charge on any atom is 0.144 e. The monoisotopic (exact) mass is 249 g/mol. The van der Waals surface area contributed by atoms with E-state index >= 15 is 0 Å². The highest BCUT2D eigenvalue weighted by Crippen LogP contribution is 2.24. The lowest BCUT2D eigenvalue weighted by Gasteiger charge is -2.11. The second-order valence-corrected chi connectivity index (χ2v) is 3.98. The molecule has 0 spiro atoms. The van der Waals surface area contributed by atoms with Crippen molar-refractivity contribution in [3.63, 3.8) is 0 Å². The van der Waals surface area contributed by atoms with Crippen LogP contribution < -0.4 is 10.1 Å². The number of methoxy groups -OCH3 is 1. The average molecular weight is 249 g/mol. The lowest BCUT2D eigenvalue weighted by atomic mass is 10.2. The Balaban J connectivity index is 1.96. The van der Waals surface area contributed by atoms with E-state index in [9.17, 15) is 4.39 Å². The third-order valence-corrected chi connectivity index (χ3v) is 2.75. The molecule has 18 heavy (non-hydrogen) atoms. The minimum Gasteiger partial charge on any atom is -0.494 e. The Labute approximate surface area is 105 Å². The summed E-state index contributed by atoms with van der Waals surface area (Å²) in [6.45, 7) is 0.715. The molecule has 0 aliphatic rings. The molecule has 1 aromatic carbocycles. The summed E-state index contributed by atoms with van der Waals surface area (Å²) >= 11 is 0. The van der Waals surface area contributed by atoms with E-state index in [1.54, 1.807) is 12.3 Å². The van der Waals surface area contributed by atoms with Gasteiger partial charge >= 0.3 is 0 Å². The van der Waals surface area contributed by atoms with Crippen molar-refractivity contribution in [1.82, 2.24) is 9.55 Å². The molecule has 0 unspecified atom stereocenters. The summed E-state index contributed by atoms with van der Waals surface area (Å²) in [5.74, 6) is 1.21. The van der Waals surface area contributed by atoms with E-state index in [1.165, 1.54) is 19.2 Å². The van der Waals surface area contributed by atoms with Crippen LogP contribution in [0.2, 0.25) is 0 Å². The number of aryl methyl sites for hydroxylation is 1. The molecule has 0 atom stereocenters. The molecule has 0 radical (unpaired) electrons. The van der Waals surface area contributed by atoms with Gasteiger partial charge in [0, 0.05) is 38.5 Å². The van der Waals surface area contributed by atoms with Crippen LogP contribution in [0.4, 0.5) is 10.1 Å². The van der Waals surface area contributed by atoms with E-state index in [2.05, 4.69) is 10.3 Å². The lowest BCUT2D eigenvalue weighted by Crippen LogP contribution is -2.09. The molecule has 0 saturated heterocycles. The lowest BCUT2D eigenvalue weighted by molar-refractivity contribution is 0.413. The van der Waals surface area contributed by atoms with E-state index in [0.29, 0.717) is 12.3 Å². The molecule has 0 saturated carbocycles. The first-order valence-corrected chi connectivity index (χ1v) is 5.74. The molecule has 0 bridgehead atoms. The van der Waals surface area contributed by atoms with Gasteiger partial charge in [-0.25, -0.2) is 9.37 Å². The molecule has 0 aliphatic carbocycles. The van der Waals surface area contributed by atoms with Crippen molar-refractivity contribution in [3.8, 4) is 5.75 Å². The zero-order chi connectivity index (χ0) is 13.0. The number of hydrogen-bond donors (Lipinski definition) is 1. The zero-order valence-corrected chi connectivity index (χ0v) is 10.5. The Morgan fingerprint density at radius 1 is 1.44 bits per heavy atom. The Bertz CT molecular complexity index is 525. The summed E-state index contributed by atoms with van der Waals surface area (Å²) in [5, 5.41) is 3.21. The minimum atomic E-state index is -0.304. The number of anilines is 1. The average Bonchev–Trinajstić information content (AvgIpc) is 2.77. The Morgan fingerprint density at radius 2 is 2.28 bits per heavy atom. The molecule has 4 nitrogen and oxygen atoms in total. The Hall–Kier alpha value is -2.04. The number of hydrogen-bond acceptors (Lipinski definition) is 3. The van der Waals surface area contributed by atoms with Crippen LogP contribution in [0, 0.1) is 5.82 Å². The smallest absolute Gasteiger partial charge is 0.144 e. The van der Waals surface area contributed by atoms with Crippen molar-refractivity contribution in [2.75, 3.05) is 19.0 Å². The summed E-state index contributed by atoms with van der Waals surface area (Å²) in [7, 11) is 3.49. The first-order valence-electron chi connectivity index (χ1n) is 5.74. The standard InChI is InChI=1S/C13H16FN3O/c1-17-8-7-16-13(17)5-6-15-11-4-3-10(14)9-12(11)18-2/h3-4,7-9,15H,5-6H2,1-2H3. The molecular weight excluding hydrogens is 233 g/mol. The summed E-state index contributed by atoms with van der Waals surface area (Å²) in [5.41, 5.74) is 0.785. The molecule has 0 amide bonds. The van der Waals surface area contributed by atoms with E-state index in [1.807, 2.05) is 17.8 Å². The number of rotatable bonds is 5. The Morgan fingerprint density at radius 3 is 2.94 bits per heavy atom. The van der Waals surface area contributed by atoms with Gasteiger partial charge in [0.2, 0.25) is 0 Å². The van der Waals surface area contributed by atoms with Crippen molar-refractivity contribution < 1.29 is 9.13 Å². The molecule has 0 aliphatic heterocycles. The highest BCUT2D eigenvalue weighted by molar-refractivity contribution is 5.56. The molecule has 1 aromatic heterocycles. The highest BCUT2D eigenvalue weighted by atomic mass is 19.1. The quantitative estimate of drug-likeness (QED) is 0.883. The maximum absolute atomic E-state index is 13.0. The first kappa shape index (κ1) is 12.4. The van der Waals surface area contributed by atoms with Crippen LogP contribution in [0.5, 0.6) is 5.75 Å². The van der Waals surface area contributed by atoms with Gasteiger partial charge in [0.15, 0.2) is 0 Å². The van der Waals surface area contributed by atoms with Gasteiger partial charge in [0.05, 0.1) is 12.8 Å². The fraction of sp³-hybridized carbons (Fsp3) is 0.308. The van der Waals surface area contributed by atoms with Crippen LogP contribution in [-0.4, -0.2) is 23.2 Å². The summed E-state index contributed by atoms with van der Waals surface area (Å²) in [6.07, 6.45) is 4.48. The molecule has 2 aromatic rings. The fourth-order valence-corrected chi connectivity index (χ4v) is 1.76. The predicted molar refractivity (Wildman–Crippen MR) is 68.4 cm³/mol. The number of nitrogens with zero attached hydrogens (tertiary/aromatic N) is 2. The fourth-order valence-electron chi connectivity index (χ4n) is 1.76. The van der Waals surface area contributed by atoms with Crippen molar-refractivity contribution in [2.24, 2.45) is 7.05 Å². The third-order valence-electron chi connectivity index (χ3n) is 2.75. The second kappa shape index (κ2) is 5.53. The third kappa shape index (κ3) is 2.80. The van der Waals surface area contributed by atoms with Gasteiger partial charge in [-0.2, -0.15) is 0 Å². The zero-order valence-electron chi connectivity index (χ0n) is 10.5. The van der Waals surface area contributed by atoms with Crippen LogP contribution in [0.25, 0.3) is 0 Å². The molecule has 96 valence electrons. The molecule has 1 N–H and O–H groups in total. The second-order valence-electron chi connectivity index (χ2n) is 3.98. The van der Waals surface area contributed by atoms with Crippen LogP contribution in [-0.2, 0) is 13.5 Å². The van der Waals surface area contributed by atoms with Crippen LogP contribution in [0.15, 0.2) is 30.6 Å². The number of ether oxygens (including phenoxy) is 1. The molecule has 2 rings (SSSR count). The van der Waals surface area contributed by atoms with Gasteiger partial charge in [0.1, 0.15) is 17.4 Å². The van der Waals surface area contributed by atoms with Gasteiger partial charge in [-0.15, -0.1) is 0 Å².